The van der Waals surface area contributed by atoms with Crippen molar-refractivity contribution in [2.45, 2.75) is 33.0 Å². The van der Waals surface area contributed by atoms with E-state index in [4.69, 9.17) is 0 Å². The largest absolute Gasteiger partial charge is 0.343 e. The Hall–Kier alpha value is -1.55. The quantitative estimate of drug-likeness (QED) is 0.852. The van der Waals surface area contributed by atoms with Crippen molar-refractivity contribution in [2.24, 2.45) is 7.05 Å². The number of hydrogen-bond acceptors (Lipinski definition) is 2. The summed E-state index contributed by atoms with van der Waals surface area (Å²) in [5.74, 6) is 1.08. The summed E-state index contributed by atoms with van der Waals surface area (Å²) in [4.78, 5) is 4.35. The molecule has 0 unspecified atom stereocenters. The number of nitrogens with zero attached hydrogens (tertiary/aromatic N) is 3. The number of nitrogens with one attached hydrogen (secondary N) is 1. The van der Waals surface area contributed by atoms with Crippen molar-refractivity contribution in [3.8, 4) is 0 Å². The molecule has 2 heterocycles. The molecule has 0 saturated heterocycles. The maximum atomic E-state index is 4.35. The monoisotopic (exact) mass is 232 g/mol. The molecule has 0 aliphatic heterocycles. The van der Waals surface area contributed by atoms with Crippen LogP contribution in [0.15, 0.2) is 30.7 Å². The standard InChI is InChI=1S/C13H20N4/c1-11(2)15-9-12-5-4-7-17(12)10-13-14-6-8-16(13)3/h4-8,11,15H,9-10H2,1-3H3. The third-order valence-electron chi connectivity index (χ3n) is 2.85. The highest BCUT2D eigenvalue weighted by Gasteiger charge is 2.05. The van der Waals surface area contributed by atoms with E-state index in [2.05, 4.69) is 51.6 Å². The van der Waals surface area contributed by atoms with Crippen molar-refractivity contribution in [3.63, 3.8) is 0 Å². The summed E-state index contributed by atoms with van der Waals surface area (Å²) in [5, 5.41) is 3.43. The smallest absolute Gasteiger partial charge is 0.128 e. The molecule has 4 nitrogen and oxygen atoms in total. The minimum Gasteiger partial charge on any atom is -0.343 e. The molecule has 0 aromatic carbocycles. The van der Waals surface area contributed by atoms with E-state index in [1.54, 1.807) is 0 Å². The van der Waals surface area contributed by atoms with Crippen molar-refractivity contribution in [1.82, 2.24) is 19.4 Å². The first kappa shape index (κ1) is 11.9. The van der Waals surface area contributed by atoms with Gasteiger partial charge in [-0.25, -0.2) is 4.98 Å². The van der Waals surface area contributed by atoms with Crippen LogP contribution < -0.4 is 5.32 Å². The Kier molecular flexibility index (Phi) is 3.64. The molecule has 1 N–H and O–H groups in total. The fourth-order valence-electron chi connectivity index (χ4n) is 1.77. The number of rotatable bonds is 5. The summed E-state index contributed by atoms with van der Waals surface area (Å²) in [5.41, 5.74) is 1.29. The summed E-state index contributed by atoms with van der Waals surface area (Å²) < 4.78 is 4.29. The molecule has 0 amide bonds. The van der Waals surface area contributed by atoms with Gasteiger partial charge in [-0.05, 0) is 12.1 Å². The number of hydrogen-bond donors (Lipinski definition) is 1. The molecule has 0 radical (unpaired) electrons. The van der Waals surface area contributed by atoms with Crippen molar-refractivity contribution in [3.05, 3.63) is 42.2 Å². The van der Waals surface area contributed by atoms with E-state index in [-0.39, 0.29) is 0 Å². The van der Waals surface area contributed by atoms with Crippen LogP contribution >= 0.6 is 0 Å². The Bertz CT molecular complexity index is 467. The molecule has 0 aliphatic carbocycles. The molecule has 92 valence electrons. The fourth-order valence-corrected chi connectivity index (χ4v) is 1.77. The molecule has 0 aliphatic rings. The SMILES string of the molecule is CC(C)NCc1cccn1Cc1nccn1C. The van der Waals surface area contributed by atoms with Gasteiger partial charge in [0, 0.05) is 43.9 Å². The lowest BCUT2D eigenvalue weighted by molar-refractivity contribution is 0.559. The summed E-state index contributed by atoms with van der Waals surface area (Å²) in [7, 11) is 2.03. The highest BCUT2D eigenvalue weighted by Crippen LogP contribution is 2.06. The Morgan fingerprint density at radius 1 is 1.35 bits per heavy atom. The predicted octanol–water partition coefficient (Wildman–Crippen LogP) is 1.77. The average molecular weight is 232 g/mol. The fraction of sp³-hybridized carbons (Fsp3) is 0.462. The first-order chi connectivity index (χ1) is 8.16. The molecule has 0 atom stereocenters. The van der Waals surface area contributed by atoms with Gasteiger partial charge in [-0.15, -0.1) is 0 Å². The first-order valence-electron chi connectivity index (χ1n) is 6.00. The van der Waals surface area contributed by atoms with Crippen molar-refractivity contribution in [1.29, 1.82) is 0 Å². The normalized spacial score (nSPS) is 11.3. The van der Waals surface area contributed by atoms with Crippen LogP contribution in [0.4, 0.5) is 0 Å². The Balaban J connectivity index is 2.06. The highest BCUT2D eigenvalue weighted by molar-refractivity contribution is 5.09. The molecule has 2 rings (SSSR count). The van der Waals surface area contributed by atoms with Gasteiger partial charge in [-0.2, -0.15) is 0 Å². The van der Waals surface area contributed by atoms with E-state index in [1.165, 1.54) is 5.69 Å². The van der Waals surface area contributed by atoms with Gasteiger partial charge in [-0.3, -0.25) is 0 Å². The average Bonchev–Trinajstić information content (AvgIpc) is 2.87. The topological polar surface area (TPSA) is 34.8 Å². The zero-order chi connectivity index (χ0) is 12.3. The number of imidazole rings is 1. The van der Waals surface area contributed by atoms with Crippen LogP contribution in [0.2, 0.25) is 0 Å². The van der Waals surface area contributed by atoms with Gasteiger partial charge >= 0.3 is 0 Å². The van der Waals surface area contributed by atoms with Crippen LogP contribution in [-0.4, -0.2) is 20.2 Å². The third kappa shape index (κ3) is 2.97. The second kappa shape index (κ2) is 5.19. The molecule has 2 aromatic heterocycles. The van der Waals surface area contributed by atoms with Gasteiger partial charge in [0.1, 0.15) is 5.82 Å². The van der Waals surface area contributed by atoms with Crippen LogP contribution in [0, 0.1) is 0 Å². The van der Waals surface area contributed by atoms with Gasteiger partial charge in [0.05, 0.1) is 6.54 Å². The van der Waals surface area contributed by atoms with Crippen LogP contribution in [-0.2, 0) is 20.1 Å². The lowest BCUT2D eigenvalue weighted by atomic mass is 10.3. The summed E-state index contributed by atoms with van der Waals surface area (Å²) in [6, 6.07) is 4.74. The van der Waals surface area contributed by atoms with Crippen LogP contribution in [0.3, 0.4) is 0 Å². The molecule has 0 saturated carbocycles. The summed E-state index contributed by atoms with van der Waals surface area (Å²) >= 11 is 0. The Labute approximate surface area is 102 Å². The maximum Gasteiger partial charge on any atom is 0.128 e. The van der Waals surface area contributed by atoms with E-state index in [0.717, 1.165) is 18.9 Å². The van der Waals surface area contributed by atoms with Crippen LogP contribution in [0.5, 0.6) is 0 Å². The van der Waals surface area contributed by atoms with Crippen LogP contribution in [0.1, 0.15) is 25.4 Å². The van der Waals surface area contributed by atoms with E-state index < -0.39 is 0 Å². The van der Waals surface area contributed by atoms with Gasteiger partial charge in [-0.1, -0.05) is 13.8 Å². The second-order valence-electron chi connectivity index (χ2n) is 4.62. The summed E-state index contributed by atoms with van der Waals surface area (Å²) in [6.45, 7) is 6.04. The lowest BCUT2D eigenvalue weighted by Gasteiger charge is -2.12. The van der Waals surface area contributed by atoms with Gasteiger partial charge in [0.2, 0.25) is 0 Å². The zero-order valence-corrected chi connectivity index (χ0v) is 10.7. The van der Waals surface area contributed by atoms with Gasteiger partial charge in [0.15, 0.2) is 0 Å². The molecular weight excluding hydrogens is 212 g/mol. The molecule has 2 aromatic rings. The first-order valence-corrected chi connectivity index (χ1v) is 6.00. The molecule has 4 heteroatoms. The minimum absolute atomic E-state index is 0.506. The van der Waals surface area contributed by atoms with E-state index in [9.17, 15) is 0 Å². The minimum atomic E-state index is 0.506. The van der Waals surface area contributed by atoms with Crippen molar-refractivity contribution >= 4 is 0 Å². The second-order valence-corrected chi connectivity index (χ2v) is 4.62. The number of aryl methyl sites for hydroxylation is 1. The van der Waals surface area contributed by atoms with E-state index in [1.807, 2.05) is 19.4 Å². The Morgan fingerprint density at radius 2 is 2.18 bits per heavy atom. The van der Waals surface area contributed by atoms with E-state index in [0.29, 0.717) is 6.04 Å². The lowest BCUT2D eigenvalue weighted by Crippen LogP contribution is -2.23. The third-order valence-corrected chi connectivity index (χ3v) is 2.85. The maximum absolute atomic E-state index is 4.35. The van der Waals surface area contributed by atoms with Crippen molar-refractivity contribution < 1.29 is 0 Å². The van der Waals surface area contributed by atoms with Gasteiger partial charge < -0.3 is 14.5 Å². The molecule has 0 fully saturated rings. The summed E-state index contributed by atoms with van der Waals surface area (Å²) in [6.07, 6.45) is 5.92. The molecule has 17 heavy (non-hydrogen) atoms. The molecule has 0 spiro atoms. The van der Waals surface area contributed by atoms with Crippen LogP contribution in [0.25, 0.3) is 0 Å². The van der Waals surface area contributed by atoms with E-state index >= 15 is 0 Å². The van der Waals surface area contributed by atoms with Crippen molar-refractivity contribution in [2.75, 3.05) is 0 Å². The Morgan fingerprint density at radius 3 is 2.82 bits per heavy atom. The molecule has 0 bridgehead atoms. The highest BCUT2D eigenvalue weighted by atomic mass is 15.1. The van der Waals surface area contributed by atoms with Gasteiger partial charge in [0.25, 0.3) is 0 Å². The molecular formula is C13H20N4. The zero-order valence-electron chi connectivity index (χ0n) is 10.7. The predicted molar refractivity (Wildman–Crippen MR) is 68.7 cm³/mol. The number of aromatic nitrogens is 3.